The topological polar surface area (TPSA) is 0 Å². The third-order valence-electron chi connectivity index (χ3n) is 9.19. The van der Waals surface area contributed by atoms with E-state index in [4.69, 9.17) is 0 Å². The summed E-state index contributed by atoms with van der Waals surface area (Å²) in [4.78, 5) is 0. The van der Waals surface area contributed by atoms with Gasteiger partial charge >= 0.3 is 0 Å². The summed E-state index contributed by atoms with van der Waals surface area (Å²) in [5, 5.41) is 0. The number of allylic oxidation sites excluding steroid dienone is 18. The van der Waals surface area contributed by atoms with E-state index in [1.54, 1.807) is 11.1 Å². The molecule has 0 unspecified atom stereocenters. The lowest BCUT2D eigenvalue weighted by Gasteiger charge is -2.38. The summed E-state index contributed by atoms with van der Waals surface area (Å²) in [6.45, 7) is 23.2. The largest absolute Gasteiger partial charge is 0.0853 e. The molecule has 0 heterocycles. The molecule has 1 atom stereocenters. The standard InChI is InChI=1S/C40H60/c1-31(19-13-21-33(3)25-27-37-35(5)23-15-29-39(37,7)8)17-11-12-18-32(2)20-14-22-34(4)26-28-38-36(6)24-16-30-40(38,9)10/h13-14,17-23,26,28,37H,11-12,15-16,24-25,27,29-30H2,1-10H3/b19-13-,20-14+,28-26+,31-17+,32-18+,33-21+,34-22+/t37-/m0/s1. The van der Waals surface area contributed by atoms with E-state index in [9.17, 15) is 0 Å². The van der Waals surface area contributed by atoms with Gasteiger partial charge in [0.2, 0.25) is 0 Å². The maximum absolute atomic E-state index is 2.46. The van der Waals surface area contributed by atoms with Gasteiger partial charge in [-0.25, -0.2) is 0 Å². The average molecular weight is 541 g/mol. The molecule has 0 saturated carbocycles. The summed E-state index contributed by atoms with van der Waals surface area (Å²) < 4.78 is 0. The first-order chi connectivity index (χ1) is 18.8. The summed E-state index contributed by atoms with van der Waals surface area (Å²) >= 11 is 0. The Balaban J connectivity index is 1.77. The van der Waals surface area contributed by atoms with Crippen LogP contribution >= 0.6 is 0 Å². The average Bonchev–Trinajstić information content (AvgIpc) is 2.85. The van der Waals surface area contributed by atoms with Gasteiger partial charge in [0.15, 0.2) is 0 Å². The molecule has 2 aliphatic carbocycles. The van der Waals surface area contributed by atoms with Crippen molar-refractivity contribution < 1.29 is 0 Å². The third-order valence-corrected chi connectivity index (χ3v) is 9.19. The van der Waals surface area contributed by atoms with Gasteiger partial charge in [0.25, 0.3) is 0 Å². The molecular weight excluding hydrogens is 480 g/mol. The Morgan fingerprint density at radius 3 is 2.05 bits per heavy atom. The highest BCUT2D eigenvalue weighted by Gasteiger charge is 2.32. The zero-order chi connectivity index (χ0) is 29.8. The zero-order valence-corrected chi connectivity index (χ0v) is 27.8. The number of hydrogen-bond acceptors (Lipinski definition) is 0. The molecule has 0 aromatic heterocycles. The lowest BCUT2D eigenvalue weighted by atomic mass is 9.67. The monoisotopic (exact) mass is 540 g/mol. The van der Waals surface area contributed by atoms with Crippen molar-refractivity contribution in [3.63, 3.8) is 0 Å². The van der Waals surface area contributed by atoms with Gasteiger partial charge in [-0.05, 0) is 122 Å². The smallest absolute Gasteiger partial charge is 0.0104 e. The molecule has 0 aromatic rings. The van der Waals surface area contributed by atoms with Crippen LogP contribution in [0.2, 0.25) is 0 Å². The van der Waals surface area contributed by atoms with E-state index < -0.39 is 0 Å². The molecule has 0 fully saturated rings. The maximum atomic E-state index is 2.46. The lowest BCUT2D eigenvalue weighted by molar-refractivity contribution is 0.204. The van der Waals surface area contributed by atoms with Crippen LogP contribution in [0.1, 0.15) is 127 Å². The van der Waals surface area contributed by atoms with Crippen molar-refractivity contribution in [1.29, 1.82) is 0 Å². The highest BCUT2D eigenvalue weighted by atomic mass is 14.4. The molecule has 220 valence electrons. The number of hydrogen-bond donors (Lipinski definition) is 0. The molecule has 0 amide bonds. The summed E-state index contributed by atoms with van der Waals surface area (Å²) in [6.07, 6.45) is 36.2. The van der Waals surface area contributed by atoms with Crippen molar-refractivity contribution in [2.45, 2.75) is 127 Å². The van der Waals surface area contributed by atoms with Gasteiger partial charge in [-0.3, -0.25) is 0 Å². The van der Waals surface area contributed by atoms with E-state index in [1.807, 2.05) is 0 Å². The molecule has 40 heavy (non-hydrogen) atoms. The summed E-state index contributed by atoms with van der Waals surface area (Å²) in [6, 6.07) is 0. The van der Waals surface area contributed by atoms with E-state index in [1.165, 1.54) is 72.8 Å². The van der Waals surface area contributed by atoms with E-state index >= 15 is 0 Å². The Bertz CT molecular complexity index is 1110. The lowest BCUT2D eigenvalue weighted by Crippen LogP contribution is -2.27. The van der Waals surface area contributed by atoms with Crippen LogP contribution in [0.4, 0.5) is 0 Å². The molecule has 0 saturated heterocycles. The van der Waals surface area contributed by atoms with E-state index in [2.05, 4.69) is 136 Å². The number of unbranched alkanes of at least 4 members (excludes halogenated alkanes) is 1. The molecule has 0 radical (unpaired) electrons. The Morgan fingerprint density at radius 2 is 1.45 bits per heavy atom. The second-order valence-corrected chi connectivity index (χ2v) is 13.9. The van der Waals surface area contributed by atoms with Crippen molar-refractivity contribution in [3.05, 3.63) is 106 Å². The molecule has 0 aromatic carbocycles. The maximum Gasteiger partial charge on any atom is -0.0104 e. The zero-order valence-electron chi connectivity index (χ0n) is 27.8. The van der Waals surface area contributed by atoms with Crippen LogP contribution in [0.25, 0.3) is 0 Å². The van der Waals surface area contributed by atoms with Crippen molar-refractivity contribution in [3.8, 4) is 0 Å². The highest BCUT2D eigenvalue weighted by Crippen LogP contribution is 2.44. The SMILES string of the molecule is CC1=CCCC(C)(C)[C@H]1CC/C(C)=C/C=C\C(C)=C\CC/C=C(C)/C=C/C=C(C)/C=C/C1=C(C)CCCC1(C)C. The second-order valence-electron chi connectivity index (χ2n) is 13.9. The first kappa shape index (κ1) is 33.9. The molecule has 0 aliphatic heterocycles. The Hall–Kier alpha value is -2.34. The van der Waals surface area contributed by atoms with Crippen LogP contribution in [-0.2, 0) is 0 Å². The minimum Gasteiger partial charge on any atom is -0.0853 e. The highest BCUT2D eigenvalue weighted by molar-refractivity contribution is 5.37. The number of rotatable bonds is 12. The normalized spacial score (nSPS) is 23.1. The summed E-state index contributed by atoms with van der Waals surface area (Å²) in [5.41, 5.74) is 10.9. The molecule has 2 aliphatic rings. The van der Waals surface area contributed by atoms with Gasteiger partial charge in [0.1, 0.15) is 0 Å². The van der Waals surface area contributed by atoms with Crippen LogP contribution in [0.5, 0.6) is 0 Å². The molecule has 0 spiro atoms. The molecule has 0 N–H and O–H groups in total. The summed E-state index contributed by atoms with van der Waals surface area (Å²) in [5.74, 6) is 0.722. The van der Waals surface area contributed by atoms with Crippen molar-refractivity contribution in [2.75, 3.05) is 0 Å². The van der Waals surface area contributed by atoms with Gasteiger partial charge in [0.05, 0.1) is 0 Å². The third kappa shape index (κ3) is 11.6. The Kier molecular flexibility index (Phi) is 13.7. The van der Waals surface area contributed by atoms with Gasteiger partial charge in [-0.15, -0.1) is 0 Å². The Morgan fingerprint density at radius 1 is 0.825 bits per heavy atom. The molecule has 0 nitrogen and oxygen atoms in total. The van der Waals surface area contributed by atoms with Crippen molar-refractivity contribution in [2.24, 2.45) is 16.7 Å². The van der Waals surface area contributed by atoms with Crippen LogP contribution in [0, 0.1) is 16.7 Å². The van der Waals surface area contributed by atoms with Crippen LogP contribution in [0.15, 0.2) is 106 Å². The van der Waals surface area contributed by atoms with Crippen molar-refractivity contribution >= 4 is 0 Å². The molecular formula is C40H60. The minimum absolute atomic E-state index is 0.301. The van der Waals surface area contributed by atoms with E-state index in [0.29, 0.717) is 10.8 Å². The van der Waals surface area contributed by atoms with Crippen molar-refractivity contribution in [1.82, 2.24) is 0 Å². The molecule has 0 heteroatoms. The van der Waals surface area contributed by atoms with E-state index in [-0.39, 0.29) is 0 Å². The van der Waals surface area contributed by atoms with Gasteiger partial charge < -0.3 is 0 Å². The quantitative estimate of drug-likeness (QED) is 0.131. The molecule has 0 bridgehead atoms. The van der Waals surface area contributed by atoms with Gasteiger partial charge in [-0.2, -0.15) is 0 Å². The fourth-order valence-corrected chi connectivity index (χ4v) is 6.43. The minimum atomic E-state index is 0.301. The first-order valence-electron chi connectivity index (χ1n) is 15.9. The van der Waals surface area contributed by atoms with Crippen LogP contribution in [-0.4, -0.2) is 0 Å². The van der Waals surface area contributed by atoms with Gasteiger partial charge in [-0.1, -0.05) is 128 Å². The Labute approximate surface area is 249 Å². The predicted molar refractivity (Wildman–Crippen MR) is 182 cm³/mol. The fraction of sp³-hybridized carbons (Fsp3) is 0.550. The van der Waals surface area contributed by atoms with Crippen LogP contribution < -0.4 is 0 Å². The summed E-state index contributed by atoms with van der Waals surface area (Å²) in [7, 11) is 0. The van der Waals surface area contributed by atoms with Gasteiger partial charge in [0, 0.05) is 0 Å². The molecule has 2 rings (SSSR count). The van der Waals surface area contributed by atoms with Crippen LogP contribution in [0.3, 0.4) is 0 Å². The first-order valence-corrected chi connectivity index (χ1v) is 15.9. The predicted octanol–water partition coefficient (Wildman–Crippen LogP) is 12.9. The van der Waals surface area contributed by atoms with E-state index in [0.717, 1.165) is 18.8 Å². The second kappa shape index (κ2) is 16.2. The fourth-order valence-electron chi connectivity index (χ4n) is 6.43.